The minimum absolute atomic E-state index is 0.0344. The quantitative estimate of drug-likeness (QED) is 0.854. The summed E-state index contributed by atoms with van der Waals surface area (Å²) in [5, 5.41) is 15.6. The number of amides is 1. The molecule has 6 nitrogen and oxygen atoms in total. The molecule has 2 aromatic rings. The Morgan fingerprint density at radius 3 is 2.61 bits per heavy atom. The van der Waals surface area contributed by atoms with E-state index < -0.39 is 5.97 Å². The molecule has 0 aliphatic carbocycles. The maximum atomic E-state index is 12.3. The number of para-hydroxylation sites is 1. The van der Waals surface area contributed by atoms with E-state index >= 15 is 0 Å². The van der Waals surface area contributed by atoms with Crippen LogP contribution in [-0.2, 0) is 16.0 Å². The highest BCUT2D eigenvalue weighted by Gasteiger charge is 2.19. The Balaban J connectivity index is 2.07. The lowest BCUT2D eigenvalue weighted by molar-refractivity contribution is -0.136. The van der Waals surface area contributed by atoms with Gasteiger partial charge in [-0.2, -0.15) is 0 Å². The summed E-state index contributed by atoms with van der Waals surface area (Å²) in [6.07, 6.45) is 0.139. The van der Waals surface area contributed by atoms with E-state index in [0.717, 1.165) is 11.3 Å². The predicted molar refractivity (Wildman–Crippen MR) is 85.4 cm³/mol. The Morgan fingerprint density at radius 1 is 1.30 bits per heavy atom. The Morgan fingerprint density at radius 2 is 2.00 bits per heavy atom. The molecule has 1 amide bonds. The fraction of sp³-hybridized carbons (Fsp3) is 0.353. The van der Waals surface area contributed by atoms with E-state index in [1.807, 2.05) is 20.8 Å². The number of rotatable bonds is 6. The molecule has 23 heavy (non-hydrogen) atoms. The molecule has 0 aliphatic rings. The van der Waals surface area contributed by atoms with E-state index in [1.165, 1.54) is 0 Å². The van der Waals surface area contributed by atoms with Crippen LogP contribution in [-0.4, -0.2) is 22.1 Å². The smallest absolute Gasteiger partial charge is 0.307 e. The number of hydrogen-bond donors (Lipinski definition) is 2. The molecule has 1 atom stereocenters. The molecule has 2 rings (SSSR count). The van der Waals surface area contributed by atoms with Crippen LogP contribution >= 0.6 is 0 Å². The van der Waals surface area contributed by atoms with Gasteiger partial charge in [-0.1, -0.05) is 30.3 Å². The maximum absolute atomic E-state index is 12.3. The van der Waals surface area contributed by atoms with Crippen molar-refractivity contribution in [1.29, 1.82) is 0 Å². The number of aromatic nitrogens is 1. The second kappa shape index (κ2) is 7.09. The molecule has 0 aliphatic heterocycles. The number of nitrogens with one attached hydrogen (secondary N) is 1. The Bertz CT molecular complexity index is 702. The van der Waals surface area contributed by atoms with Crippen molar-refractivity contribution in [3.8, 4) is 0 Å². The minimum atomic E-state index is -0.934. The van der Waals surface area contributed by atoms with Crippen molar-refractivity contribution < 1.29 is 19.2 Å². The van der Waals surface area contributed by atoms with Gasteiger partial charge in [0.05, 0.1) is 12.1 Å². The number of aryl methyl sites for hydroxylation is 2. The van der Waals surface area contributed by atoms with Gasteiger partial charge in [0.1, 0.15) is 5.76 Å². The summed E-state index contributed by atoms with van der Waals surface area (Å²) >= 11 is 0. The monoisotopic (exact) mass is 316 g/mol. The topological polar surface area (TPSA) is 92.4 Å². The predicted octanol–water partition coefficient (Wildman–Crippen LogP) is 3.05. The van der Waals surface area contributed by atoms with Gasteiger partial charge >= 0.3 is 5.97 Å². The van der Waals surface area contributed by atoms with Crippen molar-refractivity contribution in [2.24, 2.45) is 0 Å². The maximum Gasteiger partial charge on any atom is 0.307 e. The first-order valence-electron chi connectivity index (χ1n) is 7.40. The van der Waals surface area contributed by atoms with Crippen molar-refractivity contribution in [3.63, 3.8) is 0 Å². The van der Waals surface area contributed by atoms with Crippen molar-refractivity contribution in [1.82, 2.24) is 5.16 Å². The number of carbonyl (C=O) groups excluding carboxylic acids is 1. The van der Waals surface area contributed by atoms with E-state index in [4.69, 9.17) is 9.63 Å². The van der Waals surface area contributed by atoms with Crippen LogP contribution in [0.4, 0.5) is 5.69 Å². The molecule has 0 fully saturated rings. The summed E-state index contributed by atoms with van der Waals surface area (Å²) in [5.74, 6) is -0.423. The number of aliphatic carboxylic acids is 1. The molecule has 0 radical (unpaired) electrons. The lowest BCUT2D eigenvalue weighted by atomic mass is 9.96. The van der Waals surface area contributed by atoms with Crippen LogP contribution in [0.5, 0.6) is 0 Å². The molecular formula is C17H20N2O4. The molecule has 1 unspecified atom stereocenters. The lowest BCUT2D eigenvalue weighted by Crippen LogP contribution is -2.16. The van der Waals surface area contributed by atoms with Gasteiger partial charge in [0.25, 0.3) is 0 Å². The standard InChI is InChI=1S/C17H20N2O4/c1-10(17-11(2)19-23-12(17)3)8-15(20)18-14-7-5-4-6-13(14)9-16(21)22/h4-7,10H,8-9H2,1-3H3,(H,18,20)(H,21,22). The molecular weight excluding hydrogens is 296 g/mol. The van der Waals surface area contributed by atoms with Gasteiger partial charge < -0.3 is 14.9 Å². The van der Waals surface area contributed by atoms with Crippen molar-refractivity contribution in [2.45, 2.75) is 39.5 Å². The number of anilines is 1. The number of carboxylic acid groups (broad SMARTS) is 1. The first-order chi connectivity index (χ1) is 10.9. The molecule has 0 saturated carbocycles. The van der Waals surface area contributed by atoms with E-state index in [2.05, 4.69) is 10.5 Å². The zero-order chi connectivity index (χ0) is 17.0. The van der Waals surface area contributed by atoms with Gasteiger partial charge in [0, 0.05) is 17.7 Å². The number of benzene rings is 1. The van der Waals surface area contributed by atoms with E-state index in [-0.39, 0.29) is 24.7 Å². The van der Waals surface area contributed by atoms with Crippen LogP contribution < -0.4 is 5.32 Å². The highest BCUT2D eigenvalue weighted by molar-refractivity contribution is 5.92. The van der Waals surface area contributed by atoms with Crippen LogP contribution in [0.25, 0.3) is 0 Å². The van der Waals surface area contributed by atoms with Gasteiger partial charge in [-0.05, 0) is 31.4 Å². The Labute approximate surface area is 134 Å². The molecule has 1 heterocycles. The molecule has 122 valence electrons. The average Bonchev–Trinajstić information content (AvgIpc) is 2.79. The number of nitrogens with zero attached hydrogens (tertiary/aromatic N) is 1. The highest BCUT2D eigenvalue weighted by atomic mass is 16.5. The first kappa shape index (κ1) is 16.7. The lowest BCUT2D eigenvalue weighted by Gasteiger charge is -2.13. The van der Waals surface area contributed by atoms with E-state index in [1.54, 1.807) is 24.3 Å². The molecule has 1 aromatic heterocycles. The van der Waals surface area contributed by atoms with Gasteiger partial charge in [0.2, 0.25) is 5.91 Å². The van der Waals surface area contributed by atoms with Crippen molar-refractivity contribution in [2.75, 3.05) is 5.32 Å². The minimum Gasteiger partial charge on any atom is -0.481 e. The van der Waals surface area contributed by atoms with Gasteiger partial charge in [-0.25, -0.2) is 0 Å². The average molecular weight is 316 g/mol. The molecule has 0 spiro atoms. The largest absolute Gasteiger partial charge is 0.481 e. The van der Waals surface area contributed by atoms with Gasteiger partial charge in [0.15, 0.2) is 0 Å². The third-order valence-corrected chi connectivity index (χ3v) is 3.71. The highest BCUT2D eigenvalue weighted by Crippen LogP contribution is 2.26. The summed E-state index contributed by atoms with van der Waals surface area (Å²) in [7, 11) is 0. The van der Waals surface area contributed by atoms with Crippen LogP contribution in [0.1, 0.15) is 41.8 Å². The second-order valence-corrected chi connectivity index (χ2v) is 5.62. The van der Waals surface area contributed by atoms with Crippen LogP contribution in [0.3, 0.4) is 0 Å². The van der Waals surface area contributed by atoms with E-state index in [9.17, 15) is 9.59 Å². The zero-order valence-electron chi connectivity index (χ0n) is 13.4. The fourth-order valence-electron chi connectivity index (χ4n) is 2.73. The summed E-state index contributed by atoms with van der Waals surface area (Å²) in [6, 6.07) is 6.91. The molecule has 1 aromatic carbocycles. The van der Waals surface area contributed by atoms with Crippen molar-refractivity contribution in [3.05, 3.63) is 46.8 Å². The second-order valence-electron chi connectivity index (χ2n) is 5.62. The van der Waals surface area contributed by atoms with Crippen molar-refractivity contribution >= 4 is 17.6 Å². The number of hydrogen-bond acceptors (Lipinski definition) is 4. The van der Waals surface area contributed by atoms with Gasteiger partial charge in [-0.15, -0.1) is 0 Å². The van der Waals surface area contributed by atoms with Crippen LogP contribution in [0.2, 0.25) is 0 Å². The molecule has 0 saturated heterocycles. The SMILES string of the molecule is Cc1noc(C)c1C(C)CC(=O)Nc1ccccc1CC(=O)O. The van der Waals surface area contributed by atoms with E-state index in [0.29, 0.717) is 17.0 Å². The molecule has 0 bridgehead atoms. The summed E-state index contributed by atoms with van der Waals surface area (Å²) in [6.45, 7) is 5.61. The first-order valence-corrected chi connectivity index (χ1v) is 7.40. The number of carbonyl (C=O) groups is 2. The summed E-state index contributed by atoms with van der Waals surface area (Å²) in [4.78, 5) is 23.2. The normalized spacial score (nSPS) is 12.0. The molecule has 6 heteroatoms. The fourth-order valence-corrected chi connectivity index (χ4v) is 2.73. The summed E-state index contributed by atoms with van der Waals surface area (Å²) in [5.41, 5.74) is 2.84. The Kier molecular flexibility index (Phi) is 5.16. The van der Waals surface area contributed by atoms with Crippen LogP contribution in [0, 0.1) is 13.8 Å². The zero-order valence-corrected chi connectivity index (χ0v) is 13.4. The Hall–Kier alpha value is -2.63. The third kappa shape index (κ3) is 4.18. The van der Waals surface area contributed by atoms with Crippen LogP contribution in [0.15, 0.2) is 28.8 Å². The van der Waals surface area contributed by atoms with Gasteiger partial charge in [-0.3, -0.25) is 9.59 Å². The third-order valence-electron chi connectivity index (χ3n) is 3.71. The summed E-state index contributed by atoms with van der Waals surface area (Å²) < 4.78 is 5.13. The molecule has 2 N–H and O–H groups in total. The number of carboxylic acids is 1.